The van der Waals surface area contributed by atoms with Gasteiger partial charge in [-0.1, -0.05) is 19.1 Å². The molecule has 0 saturated heterocycles. The number of carbonyl (C=O) groups is 1. The average Bonchev–Trinajstić information content (AvgIpc) is 3.08. The number of nitrogens with zero attached hydrogens (tertiary/aromatic N) is 2. The number of nitrogens with one attached hydrogen (secondary N) is 1. The van der Waals surface area contributed by atoms with Crippen LogP contribution in [0.15, 0.2) is 54.7 Å². The molecular weight excluding hydrogens is 336 g/mol. The Hall–Kier alpha value is -3.02. The zero-order chi connectivity index (χ0) is 18.5. The van der Waals surface area contributed by atoms with Gasteiger partial charge in [-0.05, 0) is 54.8 Å². The summed E-state index contributed by atoms with van der Waals surface area (Å²) >= 11 is 0. The normalized spacial score (nSPS) is 10.7. The maximum absolute atomic E-state index is 13.1. The van der Waals surface area contributed by atoms with E-state index in [4.69, 9.17) is 0 Å². The molecule has 134 valence electrons. The van der Waals surface area contributed by atoms with Crippen LogP contribution < -0.4 is 5.32 Å². The van der Waals surface area contributed by atoms with Gasteiger partial charge in [-0.2, -0.15) is 5.10 Å². The Morgan fingerprint density at radius 1 is 1.04 bits per heavy atom. The van der Waals surface area contributed by atoms with Gasteiger partial charge in [-0.25, -0.2) is 13.5 Å². The molecule has 4 nitrogen and oxygen atoms in total. The van der Waals surface area contributed by atoms with Crippen molar-refractivity contribution in [2.24, 2.45) is 0 Å². The highest BCUT2D eigenvalue weighted by atomic mass is 19.1. The smallest absolute Gasteiger partial charge is 0.254 e. The van der Waals surface area contributed by atoms with Gasteiger partial charge in [0.2, 0.25) is 0 Å². The highest BCUT2D eigenvalue weighted by molar-refractivity contribution is 5.95. The molecule has 0 spiro atoms. The van der Waals surface area contributed by atoms with Crippen molar-refractivity contribution in [1.29, 1.82) is 0 Å². The number of aromatic nitrogens is 2. The minimum absolute atomic E-state index is 0.211. The van der Waals surface area contributed by atoms with Crippen LogP contribution in [0.4, 0.5) is 8.78 Å². The summed E-state index contributed by atoms with van der Waals surface area (Å²) in [5.41, 5.74) is 2.91. The number of amides is 1. The van der Waals surface area contributed by atoms with Crippen LogP contribution in [-0.2, 0) is 12.8 Å². The number of hydrogen-bond acceptors (Lipinski definition) is 2. The first kappa shape index (κ1) is 17.8. The Balaban J connectivity index is 1.69. The monoisotopic (exact) mass is 355 g/mol. The first-order chi connectivity index (χ1) is 12.6. The van der Waals surface area contributed by atoms with Gasteiger partial charge in [0, 0.05) is 6.54 Å². The fourth-order valence-electron chi connectivity index (χ4n) is 2.78. The van der Waals surface area contributed by atoms with Crippen molar-refractivity contribution < 1.29 is 13.6 Å². The second-order valence-corrected chi connectivity index (χ2v) is 5.88. The molecule has 3 rings (SSSR count). The lowest BCUT2D eigenvalue weighted by Gasteiger charge is -2.09. The van der Waals surface area contributed by atoms with Crippen molar-refractivity contribution in [3.05, 3.63) is 83.2 Å². The van der Waals surface area contributed by atoms with E-state index in [0.29, 0.717) is 30.6 Å². The Kier molecular flexibility index (Phi) is 5.41. The molecule has 0 aliphatic rings. The fourth-order valence-corrected chi connectivity index (χ4v) is 2.78. The maximum Gasteiger partial charge on any atom is 0.254 e. The Morgan fingerprint density at radius 3 is 2.27 bits per heavy atom. The molecule has 0 bridgehead atoms. The van der Waals surface area contributed by atoms with Gasteiger partial charge in [-0.15, -0.1) is 0 Å². The largest absolute Gasteiger partial charge is 0.352 e. The number of hydrogen-bond donors (Lipinski definition) is 1. The van der Waals surface area contributed by atoms with Crippen LogP contribution >= 0.6 is 0 Å². The lowest BCUT2D eigenvalue weighted by Crippen LogP contribution is -2.26. The summed E-state index contributed by atoms with van der Waals surface area (Å²) in [7, 11) is 0. The van der Waals surface area contributed by atoms with E-state index >= 15 is 0 Å². The van der Waals surface area contributed by atoms with Crippen LogP contribution in [0.5, 0.6) is 0 Å². The summed E-state index contributed by atoms with van der Waals surface area (Å²) in [5.74, 6) is -0.811. The van der Waals surface area contributed by atoms with Crippen LogP contribution in [-0.4, -0.2) is 22.2 Å². The van der Waals surface area contributed by atoms with Crippen LogP contribution in [0.2, 0.25) is 0 Å². The predicted molar refractivity (Wildman–Crippen MR) is 95.3 cm³/mol. The van der Waals surface area contributed by atoms with E-state index in [2.05, 4.69) is 10.4 Å². The van der Waals surface area contributed by atoms with Gasteiger partial charge in [0.25, 0.3) is 5.91 Å². The molecule has 0 aliphatic heterocycles. The van der Waals surface area contributed by atoms with E-state index in [1.165, 1.54) is 30.5 Å². The van der Waals surface area contributed by atoms with Gasteiger partial charge in [0.05, 0.1) is 23.1 Å². The van der Waals surface area contributed by atoms with E-state index in [0.717, 1.165) is 11.3 Å². The molecule has 0 radical (unpaired) electrons. The minimum atomic E-state index is -0.322. The number of rotatable bonds is 6. The van der Waals surface area contributed by atoms with E-state index in [1.807, 2.05) is 6.92 Å². The van der Waals surface area contributed by atoms with Crippen molar-refractivity contribution in [3.63, 3.8) is 0 Å². The molecule has 26 heavy (non-hydrogen) atoms. The summed E-state index contributed by atoms with van der Waals surface area (Å²) in [6.45, 7) is 2.38. The summed E-state index contributed by atoms with van der Waals surface area (Å²) in [4.78, 5) is 12.5. The third-order valence-corrected chi connectivity index (χ3v) is 4.13. The van der Waals surface area contributed by atoms with E-state index in [1.54, 1.807) is 28.9 Å². The van der Waals surface area contributed by atoms with Crippen LogP contribution in [0.3, 0.4) is 0 Å². The minimum Gasteiger partial charge on any atom is -0.352 e. The summed E-state index contributed by atoms with van der Waals surface area (Å²) in [5, 5.41) is 7.14. The van der Waals surface area contributed by atoms with Crippen molar-refractivity contribution in [2.45, 2.75) is 19.8 Å². The summed E-state index contributed by atoms with van der Waals surface area (Å²) in [6.07, 6.45) is 2.74. The lowest BCUT2D eigenvalue weighted by molar-refractivity contribution is 0.0953. The van der Waals surface area contributed by atoms with Crippen LogP contribution in [0, 0.1) is 11.6 Å². The Bertz CT molecular complexity index is 886. The number of carbonyl (C=O) groups excluding carboxylic acids is 1. The predicted octanol–water partition coefficient (Wildman–Crippen LogP) is 3.69. The summed E-state index contributed by atoms with van der Waals surface area (Å²) < 4.78 is 27.7. The quantitative estimate of drug-likeness (QED) is 0.733. The van der Waals surface area contributed by atoms with Crippen LogP contribution in [0.25, 0.3) is 5.69 Å². The maximum atomic E-state index is 13.1. The zero-order valence-corrected chi connectivity index (χ0v) is 14.4. The van der Waals surface area contributed by atoms with Crippen molar-refractivity contribution in [3.8, 4) is 5.69 Å². The third kappa shape index (κ3) is 3.96. The molecule has 0 unspecified atom stereocenters. The van der Waals surface area contributed by atoms with Crippen molar-refractivity contribution in [1.82, 2.24) is 15.1 Å². The molecule has 1 aromatic heterocycles. The molecule has 2 aromatic carbocycles. The highest BCUT2D eigenvalue weighted by Crippen LogP contribution is 2.16. The van der Waals surface area contributed by atoms with Crippen molar-refractivity contribution in [2.75, 3.05) is 6.54 Å². The second kappa shape index (κ2) is 7.91. The average molecular weight is 355 g/mol. The first-order valence-electron chi connectivity index (χ1n) is 8.44. The molecule has 0 saturated carbocycles. The molecule has 0 fully saturated rings. The SMILES string of the molecule is CCc1c(C(=O)NCCc2ccc(F)cc2)cnn1-c1ccc(F)cc1. The number of halogens is 2. The molecule has 3 aromatic rings. The standard InChI is InChI=1S/C20H19F2N3O/c1-2-19-18(13-24-25(19)17-9-7-16(22)8-10-17)20(26)23-12-11-14-3-5-15(21)6-4-14/h3-10,13H,2,11-12H2,1H3,(H,23,26). The van der Waals surface area contributed by atoms with Gasteiger partial charge >= 0.3 is 0 Å². The third-order valence-electron chi connectivity index (χ3n) is 4.13. The summed E-state index contributed by atoms with van der Waals surface area (Å²) in [6, 6.07) is 12.2. The first-order valence-corrected chi connectivity index (χ1v) is 8.44. The van der Waals surface area contributed by atoms with Gasteiger partial charge in [-0.3, -0.25) is 4.79 Å². The molecule has 0 atom stereocenters. The molecule has 1 amide bonds. The van der Waals surface area contributed by atoms with Crippen molar-refractivity contribution >= 4 is 5.91 Å². The molecular formula is C20H19F2N3O. The van der Waals surface area contributed by atoms with E-state index in [-0.39, 0.29) is 17.5 Å². The Labute approximate surface area is 150 Å². The topological polar surface area (TPSA) is 46.9 Å². The van der Waals surface area contributed by atoms with Gasteiger partial charge < -0.3 is 5.32 Å². The van der Waals surface area contributed by atoms with Crippen LogP contribution in [0.1, 0.15) is 28.5 Å². The zero-order valence-electron chi connectivity index (χ0n) is 14.4. The second-order valence-electron chi connectivity index (χ2n) is 5.88. The Morgan fingerprint density at radius 2 is 1.65 bits per heavy atom. The highest BCUT2D eigenvalue weighted by Gasteiger charge is 2.16. The lowest BCUT2D eigenvalue weighted by atomic mass is 10.1. The molecule has 1 heterocycles. The van der Waals surface area contributed by atoms with E-state index < -0.39 is 0 Å². The molecule has 6 heteroatoms. The van der Waals surface area contributed by atoms with Gasteiger partial charge in [0.15, 0.2) is 0 Å². The van der Waals surface area contributed by atoms with E-state index in [9.17, 15) is 13.6 Å². The molecule has 0 aliphatic carbocycles. The van der Waals surface area contributed by atoms with Gasteiger partial charge in [0.1, 0.15) is 11.6 Å². The number of benzene rings is 2. The fraction of sp³-hybridized carbons (Fsp3) is 0.200. The molecule has 1 N–H and O–H groups in total.